The van der Waals surface area contributed by atoms with Gasteiger partial charge in [0.2, 0.25) is 5.60 Å². The zero-order valence-electron chi connectivity index (χ0n) is 13.7. The van der Waals surface area contributed by atoms with E-state index in [2.05, 4.69) is 5.32 Å². The predicted octanol–water partition coefficient (Wildman–Crippen LogP) is 2.06. The monoisotopic (exact) mass is 377 g/mol. The molecule has 0 aromatic heterocycles. The number of carbonyl (C=O) groups excluding carboxylic acids is 2. The fourth-order valence-electron chi connectivity index (χ4n) is 2.24. The number of nitriles is 1. The molecule has 2 amide bonds. The van der Waals surface area contributed by atoms with E-state index in [-0.39, 0.29) is 11.3 Å². The van der Waals surface area contributed by atoms with Crippen LogP contribution >= 0.6 is 0 Å². The van der Waals surface area contributed by atoms with E-state index < -0.39 is 35.7 Å². The number of rotatable bonds is 4. The quantitative estimate of drug-likeness (QED) is 0.710. The summed E-state index contributed by atoms with van der Waals surface area (Å²) in [4.78, 5) is 23.8. The van der Waals surface area contributed by atoms with Crippen molar-refractivity contribution in [2.75, 3.05) is 11.9 Å². The van der Waals surface area contributed by atoms with E-state index >= 15 is 0 Å². The first-order chi connectivity index (χ1) is 12.7. The average molecular weight is 377 g/mol. The first-order valence-electron chi connectivity index (χ1n) is 7.62. The van der Waals surface area contributed by atoms with Gasteiger partial charge in [-0.05, 0) is 17.7 Å². The lowest BCUT2D eigenvalue weighted by atomic mass is 9.93. The van der Waals surface area contributed by atoms with E-state index in [9.17, 15) is 27.9 Å². The number of carbonyl (C=O) groups is 2. The number of benzene rings is 2. The minimum Gasteiger partial charge on any atom is -0.375 e. The van der Waals surface area contributed by atoms with E-state index in [1.165, 1.54) is 42.5 Å². The number of para-hydroxylation sites is 1. The SMILES string of the molecule is N#Cc1ccccc1NC(=O)C(=O)NC[C@@](O)(c1ccccc1)C(F)(F)F. The van der Waals surface area contributed by atoms with Crippen LogP contribution in [0.2, 0.25) is 0 Å². The summed E-state index contributed by atoms with van der Waals surface area (Å²) in [7, 11) is 0. The smallest absolute Gasteiger partial charge is 0.375 e. The van der Waals surface area contributed by atoms with Gasteiger partial charge in [-0.2, -0.15) is 18.4 Å². The Bertz CT molecular complexity index is 879. The van der Waals surface area contributed by atoms with Gasteiger partial charge in [-0.25, -0.2) is 0 Å². The van der Waals surface area contributed by atoms with Crippen LogP contribution in [0.4, 0.5) is 18.9 Å². The number of nitrogens with one attached hydrogen (secondary N) is 2. The summed E-state index contributed by atoms with van der Waals surface area (Å²) in [6.07, 6.45) is -5.09. The fraction of sp³-hybridized carbons (Fsp3) is 0.167. The van der Waals surface area contributed by atoms with Gasteiger partial charge >= 0.3 is 18.0 Å². The molecule has 140 valence electrons. The van der Waals surface area contributed by atoms with Crippen molar-refractivity contribution in [3.05, 3.63) is 65.7 Å². The number of halogens is 3. The van der Waals surface area contributed by atoms with Gasteiger partial charge in [0.15, 0.2) is 0 Å². The van der Waals surface area contributed by atoms with Gasteiger partial charge < -0.3 is 15.7 Å². The first kappa shape index (κ1) is 19.9. The molecule has 2 rings (SSSR count). The summed E-state index contributed by atoms with van der Waals surface area (Å²) in [6.45, 7) is -1.26. The maximum absolute atomic E-state index is 13.3. The molecule has 27 heavy (non-hydrogen) atoms. The lowest BCUT2D eigenvalue weighted by Crippen LogP contribution is -2.52. The molecule has 0 spiro atoms. The van der Waals surface area contributed by atoms with Crippen LogP contribution in [0.5, 0.6) is 0 Å². The second kappa shape index (κ2) is 7.88. The highest BCUT2D eigenvalue weighted by Crippen LogP contribution is 2.38. The Kier molecular flexibility index (Phi) is 5.82. The summed E-state index contributed by atoms with van der Waals surface area (Å²) in [5.74, 6) is -2.66. The van der Waals surface area contributed by atoms with Gasteiger partial charge in [-0.15, -0.1) is 0 Å². The molecule has 3 N–H and O–H groups in total. The van der Waals surface area contributed by atoms with Crippen molar-refractivity contribution in [1.82, 2.24) is 5.32 Å². The molecular weight excluding hydrogens is 363 g/mol. The molecule has 0 bridgehead atoms. The van der Waals surface area contributed by atoms with Crippen molar-refractivity contribution in [1.29, 1.82) is 5.26 Å². The fourth-order valence-corrected chi connectivity index (χ4v) is 2.24. The maximum atomic E-state index is 13.3. The maximum Gasteiger partial charge on any atom is 0.423 e. The molecule has 0 radical (unpaired) electrons. The van der Waals surface area contributed by atoms with E-state index in [1.54, 1.807) is 11.4 Å². The Hall–Kier alpha value is -3.38. The minimum absolute atomic E-state index is 0.0364. The van der Waals surface area contributed by atoms with Crippen LogP contribution in [0.25, 0.3) is 0 Å². The lowest BCUT2D eigenvalue weighted by molar-refractivity contribution is -0.264. The number of hydrogen-bond donors (Lipinski definition) is 3. The third-order valence-electron chi connectivity index (χ3n) is 3.73. The summed E-state index contributed by atoms with van der Waals surface area (Å²) in [6, 6.07) is 13.8. The molecule has 0 saturated heterocycles. The third-order valence-corrected chi connectivity index (χ3v) is 3.73. The molecule has 2 aromatic rings. The molecule has 0 heterocycles. The number of hydrogen-bond acceptors (Lipinski definition) is 4. The molecule has 1 atom stereocenters. The molecule has 0 aliphatic carbocycles. The van der Waals surface area contributed by atoms with Gasteiger partial charge in [-0.3, -0.25) is 9.59 Å². The summed E-state index contributed by atoms with van der Waals surface area (Å²) < 4.78 is 40.0. The molecule has 0 aliphatic rings. The normalized spacial score (nSPS) is 13.1. The molecule has 0 fully saturated rings. The van der Waals surface area contributed by atoms with Gasteiger partial charge in [0.25, 0.3) is 0 Å². The van der Waals surface area contributed by atoms with Gasteiger partial charge in [0, 0.05) is 0 Å². The van der Waals surface area contributed by atoms with Crippen molar-refractivity contribution in [2.45, 2.75) is 11.8 Å². The average Bonchev–Trinajstić information content (AvgIpc) is 2.65. The zero-order chi connectivity index (χ0) is 20.1. The van der Waals surface area contributed by atoms with Crippen molar-refractivity contribution >= 4 is 17.5 Å². The topological polar surface area (TPSA) is 102 Å². The Morgan fingerprint density at radius 1 is 1.00 bits per heavy atom. The van der Waals surface area contributed by atoms with Crippen LogP contribution in [0.1, 0.15) is 11.1 Å². The van der Waals surface area contributed by atoms with Gasteiger partial charge in [-0.1, -0.05) is 42.5 Å². The van der Waals surface area contributed by atoms with Crippen LogP contribution in [0.15, 0.2) is 54.6 Å². The molecular formula is C18H14F3N3O3. The molecule has 0 unspecified atom stereocenters. The zero-order valence-corrected chi connectivity index (χ0v) is 13.7. The Morgan fingerprint density at radius 3 is 2.19 bits per heavy atom. The largest absolute Gasteiger partial charge is 0.423 e. The highest BCUT2D eigenvalue weighted by Gasteiger charge is 2.55. The molecule has 6 nitrogen and oxygen atoms in total. The Morgan fingerprint density at radius 2 is 1.59 bits per heavy atom. The van der Waals surface area contributed by atoms with Crippen molar-refractivity contribution in [2.24, 2.45) is 0 Å². The summed E-state index contributed by atoms with van der Waals surface area (Å²) >= 11 is 0. The van der Waals surface area contributed by atoms with Gasteiger partial charge in [0.1, 0.15) is 6.07 Å². The first-order valence-corrected chi connectivity index (χ1v) is 7.62. The number of aliphatic hydroxyl groups is 1. The molecule has 0 saturated carbocycles. The van der Waals surface area contributed by atoms with Gasteiger partial charge in [0.05, 0.1) is 17.8 Å². The number of alkyl halides is 3. The van der Waals surface area contributed by atoms with E-state index in [4.69, 9.17) is 5.26 Å². The van der Waals surface area contributed by atoms with Crippen molar-refractivity contribution < 1.29 is 27.9 Å². The second-order valence-electron chi connectivity index (χ2n) is 5.52. The third kappa shape index (κ3) is 4.43. The number of anilines is 1. The Balaban J connectivity index is 2.12. The molecule has 2 aromatic carbocycles. The Labute approximate surface area is 152 Å². The van der Waals surface area contributed by atoms with E-state index in [0.29, 0.717) is 0 Å². The van der Waals surface area contributed by atoms with E-state index in [1.807, 2.05) is 0 Å². The molecule has 9 heteroatoms. The van der Waals surface area contributed by atoms with Crippen LogP contribution in [0, 0.1) is 11.3 Å². The molecule has 0 aliphatic heterocycles. The van der Waals surface area contributed by atoms with Crippen LogP contribution < -0.4 is 10.6 Å². The standard InChI is InChI=1S/C18H14F3N3O3/c19-18(20,21)17(27,13-7-2-1-3-8-13)11-23-15(25)16(26)24-14-9-5-4-6-12(14)10-22/h1-9,27H,11H2,(H,23,25)(H,24,26)/t17-/m1/s1. The number of nitrogens with zero attached hydrogens (tertiary/aromatic N) is 1. The highest BCUT2D eigenvalue weighted by molar-refractivity contribution is 6.39. The summed E-state index contributed by atoms with van der Waals surface area (Å²) in [5.41, 5.74) is -3.73. The second-order valence-corrected chi connectivity index (χ2v) is 5.52. The lowest BCUT2D eigenvalue weighted by Gasteiger charge is -2.31. The predicted molar refractivity (Wildman–Crippen MR) is 89.2 cm³/mol. The number of amides is 2. The van der Waals surface area contributed by atoms with Crippen molar-refractivity contribution in [3.63, 3.8) is 0 Å². The highest BCUT2D eigenvalue weighted by atomic mass is 19.4. The summed E-state index contributed by atoms with van der Waals surface area (Å²) in [5, 5.41) is 23.0. The van der Waals surface area contributed by atoms with Crippen LogP contribution in [0.3, 0.4) is 0 Å². The van der Waals surface area contributed by atoms with Crippen LogP contribution in [-0.4, -0.2) is 29.6 Å². The van der Waals surface area contributed by atoms with Crippen LogP contribution in [-0.2, 0) is 15.2 Å². The van der Waals surface area contributed by atoms with E-state index in [0.717, 1.165) is 12.1 Å². The van der Waals surface area contributed by atoms with Crippen molar-refractivity contribution in [3.8, 4) is 6.07 Å². The minimum atomic E-state index is -5.09.